The molecule has 16 heavy (non-hydrogen) atoms. The van der Waals surface area contributed by atoms with Gasteiger partial charge in [-0.25, -0.2) is 0 Å². The van der Waals surface area contributed by atoms with Crippen LogP contribution in [0.2, 0.25) is 0 Å². The van der Waals surface area contributed by atoms with E-state index < -0.39 is 12.0 Å². The predicted molar refractivity (Wildman–Crippen MR) is 59.0 cm³/mol. The molecule has 1 N–H and O–H groups in total. The van der Waals surface area contributed by atoms with Crippen molar-refractivity contribution < 1.29 is 9.90 Å². The molecule has 2 atom stereocenters. The number of rotatable bonds is 0. The number of amides is 1. The molecule has 1 aliphatic rings. The summed E-state index contributed by atoms with van der Waals surface area (Å²) in [6.45, 7) is 4.00. The second kappa shape index (κ2) is 4.81. The molecule has 0 spiro atoms. The minimum Gasteiger partial charge on any atom is -0.385 e. The highest BCUT2D eigenvalue weighted by atomic mass is 16.3. The Balaban J connectivity index is 0.000000606. The first-order valence-electron chi connectivity index (χ1n) is 5.19. The lowest BCUT2D eigenvalue weighted by Crippen LogP contribution is -2.47. The van der Waals surface area contributed by atoms with Crippen LogP contribution in [0.15, 0.2) is 18.3 Å². The van der Waals surface area contributed by atoms with Gasteiger partial charge in [0.1, 0.15) is 6.10 Å². The number of aliphatic hydroxyl groups excluding tert-OH is 1. The highest BCUT2D eigenvalue weighted by molar-refractivity contribution is 5.91. The van der Waals surface area contributed by atoms with Crippen molar-refractivity contribution in [2.75, 3.05) is 12.1 Å². The lowest BCUT2D eigenvalue weighted by molar-refractivity contribution is -0.126. The number of fused-ring (bicyclic) bond motifs is 1. The molecule has 2 rings (SSSR count). The van der Waals surface area contributed by atoms with Crippen LogP contribution in [0.5, 0.6) is 0 Å². The summed E-state index contributed by atoms with van der Waals surface area (Å²) in [4.78, 5) is 11.6. The van der Waals surface area contributed by atoms with Gasteiger partial charge in [-0.15, -0.1) is 0 Å². The SMILES string of the molecule is CC.CN1C(=O)C(C#N)C(O)c2cccn21. The molecule has 0 radical (unpaired) electrons. The maximum atomic E-state index is 11.6. The van der Waals surface area contributed by atoms with E-state index in [1.54, 1.807) is 30.1 Å². The molecule has 0 aliphatic carbocycles. The summed E-state index contributed by atoms with van der Waals surface area (Å²) in [7, 11) is 1.57. The lowest BCUT2D eigenvalue weighted by atomic mass is 9.99. The van der Waals surface area contributed by atoms with Gasteiger partial charge in [-0.2, -0.15) is 5.26 Å². The number of aliphatic hydroxyl groups is 1. The fourth-order valence-electron chi connectivity index (χ4n) is 1.63. The Morgan fingerprint density at radius 1 is 1.50 bits per heavy atom. The number of hydrogen-bond donors (Lipinski definition) is 1. The number of carbonyl (C=O) groups is 1. The zero-order valence-corrected chi connectivity index (χ0v) is 9.58. The van der Waals surface area contributed by atoms with Gasteiger partial charge < -0.3 is 5.11 Å². The van der Waals surface area contributed by atoms with Gasteiger partial charge >= 0.3 is 0 Å². The molecule has 1 amide bonds. The van der Waals surface area contributed by atoms with Gasteiger partial charge in [0.25, 0.3) is 5.91 Å². The lowest BCUT2D eigenvalue weighted by Gasteiger charge is -2.31. The molecule has 1 aromatic rings. The third kappa shape index (κ3) is 1.68. The van der Waals surface area contributed by atoms with Crippen molar-refractivity contribution in [1.29, 1.82) is 5.26 Å². The smallest absolute Gasteiger partial charge is 0.261 e. The van der Waals surface area contributed by atoms with E-state index in [0.29, 0.717) is 5.69 Å². The van der Waals surface area contributed by atoms with E-state index >= 15 is 0 Å². The van der Waals surface area contributed by atoms with Gasteiger partial charge in [0.2, 0.25) is 0 Å². The average molecular weight is 221 g/mol. The largest absolute Gasteiger partial charge is 0.385 e. The summed E-state index contributed by atoms with van der Waals surface area (Å²) in [6.07, 6.45) is 0.642. The van der Waals surface area contributed by atoms with Crippen molar-refractivity contribution in [2.45, 2.75) is 20.0 Å². The predicted octanol–water partition coefficient (Wildman–Crippen LogP) is 0.795. The summed E-state index contributed by atoms with van der Waals surface area (Å²) >= 11 is 0. The first kappa shape index (κ1) is 12.3. The number of hydrogen-bond acceptors (Lipinski definition) is 3. The Morgan fingerprint density at radius 2 is 2.12 bits per heavy atom. The summed E-state index contributed by atoms with van der Waals surface area (Å²) < 4.78 is 1.54. The van der Waals surface area contributed by atoms with Crippen LogP contribution in [0, 0.1) is 17.2 Å². The van der Waals surface area contributed by atoms with Crippen LogP contribution in [-0.4, -0.2) is 22.7 Å². The molecule has 0 aromatic carbocycles. The van der Waals surface area contributed by atoms with Crippen molar-refractivity contribution in [1.82, 2.24) is 4.68 Å². The van der Waals surface area contributed by atoms with Crippen LogP contribution in [0.1, 0.15) is 25.6 Å². The molecular formula is C11H15N3O2. The zero-order valence-electron chi connectivity index (χ0n) is 9.58. The minimum atomic E-state index is -1.03. The van der Waals surface area contributed by atoms with Crippen LogP contribution in [0.25, 0.3) is 0 Å². The van der Waals surface area contributed by atoms with Gasteiger partial charge in [0.05, 0.1) is 11.8 Å². The van der Waals surface area contributed by atoms with Gasteiger partial charge in [-0.1, -0.05) is 13.8 Å². The van der Waals surface area contributed by atoms with E-state index in [2.05, 4.69) is 0 Å². The third-order valence-corrected chi connectivity index (χ3v) is 2.42. The van der Waals surface area contributed by atoms with Crippen molar-refractivity contribution in [3.8, 4) is 6.07 Å². The van der Waals surface area contributed by atoms with Crippen molar-refractivity contribution in [3.63, 3.8) is 0 Å². The van der Waals surface area contributed by atoms with E-state index in [-0.39, 0.29) is 5.91 Å². The normalized spacial score (nSPS) is 22.9. The Hall–Kier alpha value is -1.80. The Kier molecular flexibility index (Phi) is 3.69. The summed E-state index contributed by atoms with van der Waals surface area (Å²) in [6, 6.07) is 5.23. The molecule has 1 aliphatic heterocycles. The maximum absolute atomic E-state index is 11.6. The second-order valence-corrected chi connectivity index (χ2v) is 3.19. The van der Waals surface area contributed by atoms with E-state index in [0.717, 1.165) is 0 Å². The Labute approximate surface area is 94.5 Å². The molecule has 0 fully saturated rings. The molecule has 2 unspecified atom stereocenters. The van der Waals surface area contributed by atoms with Crippen LogP contribution >= 0.6 is 0 Å². The molecule has 5 nitrogen and oxygen atoms in total. The minimum absolute atomic E-state index is 0.385. The molecule has 86 valence electrons. The Bertz CT molecular complexity index is 419. The van der Waals surface area contributed by atoms with Crippen LogP contribution < -0.4 is 5.01 Å². The van der Waals surface area contributed by atoms with Gasteiger partial charge in [0, 0.05) is 13.2 Å². The van der Waals surface area contributed by atoms with E-state index in [1.807, 2.05) is 19.9 Å². The van der Waals surface area contributed by atoms with E-state index in [4.69, 9.17) is 5.26 Å². The molecule has 0 saturated carbocycles. The third-order valence-electron chi connectivity index (χ3n) is 2.42. The quantitative estimate of drug-likeness (QED) is 0.704. The fourth-order valence-corrected chi connectivity index (χ4v) is 1.63. The summed E-state index contributed by atoms with van der Waals surface area (Å²) in [5.41, 5.74) is 0.568. The van der Waals surface area contributed by atoms with Gasteiger partial charge in [-0.3, -0.25) is 14.5 Å². The van der Waals surface area contributed by atoms with Crippen molar-refractivity contribution in [3.05, 3.63) is 24.0 Å². The fraction of sp³-hybridized carbons (Fsp3) is 0.455. The van der Waals surface area contributed by atoms with Gasteiger partial charge in [0.15, 0.2) is 5.92 Å². The van der Waals surface area contributed by atoms with Crippen molar-refractivity contribution >= 4 is 5.91 Å². The second-order valence-electron chi connectivity index (χ2n) is 3.19. The first-order valence-corrected chi connectivity index (χ1v) is 5.19. The number of nitrogens with zero attached hydrogens (tertiary/aromatic N) is 3. The molecule has 1 aromatic heterocycles. The topological polar surface area (TPSA) is 69.3 Å². The number of nitriles is 1. The number of aromatic nitrogens is 1. The van der Waals surface area contributed by atoms with E-state index in [1.165, 1.54) is 5.01 Å². The zero-order chi connectivity index (χ0) is 12.3. The summed E-state index contributed by atoms with van der Waals surface area (Å²) in [5.74, 6) is -1.38. The maximum Gasteiger partial charge on any atom is 0.261 e. The monoisotopic (exact) mass is 221 g/mol. The Morgan fingerprint density at radius 3 is 2.69 bits per heavy atom. The van der Waals surface area contributed by atoms with Crippen molar-refractivity contribution in [2.24, 2.45) is 5.92 Å². The van der Waals surface area contributed by atoms with Crippen LogP contribution in [0.3, 0.4) is 0 Å². The molecular weight excluding hydrogens is 206 g/mol. The van der Waals surface area contributed by atoms with Crippen LogP contribution in [-0.2, 0) is 4.79 Å². The van der Waals surface area contributed by atoms with Crippen LogP contribution in [0.4, 0.5) is 0 Å². The van der Waals surface area contributed by atoms with E-state index in [9.17, 15) is 9.90 Å². The van der Waals surface area contributed by atoms with Gasteiger partial charge in [-0.05, 0) is 12.1 Å². The molecule has 0 bridgehead atoms. The molecule has 2 heterocycles. The average Bonchev–Trinajstić information content (AvgIpc) is 2.79. The summed E-state index contributed by atoms with van der Waals surface area (Å²) in [5, 5.41) is 19.8. The highest BCUT2D eigenvalue weighted by Gasteiger charge is 2.37. The molecule has 5 heteroatoms. The standard InChI is InChI=1S/C9H9N3O2.C2H6/c1-11-9(14)6(5-10)8(13)7-3-2-4-12(7)11;1-2/h2-4,6,8,13H,1H3;1-2H3. The highest BCUT2D eigenvalue weighted by Crippen LogP contribution is 2.27. The number of carbonyl (C=O) groups excluding carboxylic acids is 1. The molecule has 0 saturated heterocycles. The first-order chi connectivity index (χ1) is 7.66.